The predicted molar refractivity (Wildman–Crippen MR) is 465 cm³/mol. The van der Waals surface area contributed by atoms with E-state index < -0.39 is 0 Å². The summed E-state index contributed by atoms with van der Waals surface area (Å²) in [5.74, 6) is 0.614. The van der Waals surface area contributed by atoms with Crippen LogP contribution >= 0.6 is 11.8 Å². The highest BCUT2D eigenvalue weighted by Gasteiger charge is 2.11. The highest BCUT2D eigenvalue weighted by molar-refractivity contribution is 6.24. The van der Waals surface area contributed by atoms with Crippen molar-refractivity contribution in [2.24, 2.45) is 30.7 Å². The maximum atomic E-state index is 5.58. The molecule has 0 aliphatic rings. The average molecular weight is 1470 g/mol. The van der Waals surface area contributed by atoms with Crippen molar-refractivity contribution in [1.29, 1.82) is 0 Å². The van der Waals surface area contributed by atoms with E-state index in [9.17, 15) is 0 Å². The first-order valence-corrected chi connectivity index (χ1v) is 43.9. The summed E-state index contributed by atoms with van der Waals surface area (Å²) in [6.45, 7) is 18.1. The third-order valence-electron chi connectivity index (χ3n) is 20.5. The van der Waals surface area contributed by atoms with Gasteiger partial charge in [-0.25, -0.2) is 0 Å². The van der Waals surface area contributed by atoms with Crippen LogP contribution in [0, 0.1) is 13.8 Å². The lowest BCUT2D eigenvalue weighted by molar-refractivity contribution is 0.416. The van der Waals surface area contributed by atoms with Gasteiger partial charge in [-0.15, -0.1) is 5.11 Å². The van der Waals surface area contributed by atoms with Crippen LogP contribution in [0.15, 0.2) is 176 Å². The van der Waals surface area contributed by atoms with Crippen LogP contribution < -0.4 is 19.4 Å². The van der Waals surface area contributed by atoms with Gasteiger partial charge < -0.3 is 14.5 Å². The third kappa shape index (κ3) is 47.4. The summed E-state index contributed by atoms with van der Waals surface area (Å²) in [5, 5.41) is 26.1. The van der Waals surface area contributed by atoms with Crippen LogP contribution in [0.5, 0.6) is 5.75 Å². The fourth-order valence-corrected chi connectivity index (χ4v) is 14.0. The second kappa shape index (κ2) is 65.7. The van der Waals surface area contributed by atoms with Crippen molar-refractivity contribution in [3.05, 3.63) is 157 Å². The van der Waals surface area contributed by atoms with Crippen LogP contribution in [0.3, 0.4) is 0 Å². The maximum absolute atomic E-state index is 5.58. The Morgan fingerprint density at radius 1 is 0.283 bits per heavy atom. The van der Waals surface area contributed by atoms with E-state index in [0.29, 0.717) is 17.1 Å². The van der Waals surface area contributed by atoms with Gasteiger partial charge >= 0.3 is 0 Å². The third-order valence-corrected chi connectivity index (χ3v) is 20.7. The van der Waals surface area contributed by atoms with Crippen molar-refractivity contribution >= 4 is 63.0 Å². The van der Waals surface area contributed by atoms with E-state index in [4.69, 9.17) is 16.5 Å². The van der Waals surface area contributed by atoms with Crippen LogP contribution in [0.4, 0.5) is 51.2 Å². The molecule has 0 spiro atoms. The molecule has 0 aromatic heterocycles. The standard InChI is InChI=1S/C47H73N5O.C35H65N.C13H12ClN3/c1-4-6-8-10-12-14-16-18-20-22-24-29-39-52(40-30-25-23-21-19-17-15-13-11-9-7-5-2)45-36-33-43(34-37-45)48-50-44-35-38-46(47(41-44)53-3)51-49-42-31-27-26-28-32-42;1-4-6-8-10-12-14-16-18-20-22-24-26-31-36(35-30-28-29-34(3)33-35)32-27-25-23-21-19-17-15-13-11-9-7-5-2;1-10-9-12(15-14)7-8-13(10)17-16-11-5-3-2-4-6-11/h26-28,31-38,41H,4-25,29-30,39-40H2,1-3H3;28-30,33H,4-27,31-32H2,1-3H3;2-9,15H,1H3. The number of azo groups is 3. The van der Waals surface area contributed by atoms with E-state index in [1.165, 1.54) is 338 Å². The normalized spacial score (nSPS) is 11.4. The molecule has 10 nitrogen and oxygen atoms in total. The van der Waals surface area contributed by atoms with E-state index in [1.807, 2.05) is 104 Å². The molecule has 0 aliphatic carbocycles. The van der Waals surface area contributed by atoms with E-state index >= 15 is 0 Å². The number of halogens is 1. The lowest BCUT2D eigenvalue weighted by Gasteiger charge is -2.25. The largest absolute Gasteiger partial charge is 0.494 e. The van der Waals surface area contributed by atoms with Gasteiger partial charge in [0.15, 0.2) is 0 Å². The first-order chi connectivity index (χ1) is 52.3. The van der Waals surface area contributed by atoms with E-state index in [0.717, 1.165) is 47.1 Å². The molecule has 0 radical (unpaired) electrons. The highest BCUT2D eigenvalue weighted by Crippen LogP contribution is 2.35. The number of aryl methyl sites for hydroxylation is 2. The van der Waals surface area contributed by atoms with Gasteiger partial charge in [0.05, 0.1) is 35.5 Å². The van der Waals surface area contributed by atoms with Gasteiger partial charge in [-0.05, 0) is 142 Å². The Kier molecular flexibility index (Phi) is 57.0. The zero-order valence-electron chi connectivity index (χ0n) is 68.5. The molecule has 0 unspecified atom stereocenters. The average Bonchev–Trinajstić information content (AvgIpc) is 0.848. The van der Waals surface area contributed by atoms with Gasteiger partial charge in [0.25, 0.3) is 0 Å². The molecule has 0 fully saturated rings. The number of methoxy groups -OCH3 is 1. The molecule has 0 saturated carbocycles. The summed E-state index contributed by atoms with van der Waals surface area (Å²) in [6.07, 6.45) is 67.6. The van der Waals surface area contributed by atoms with Gasteiger partial charge in [0.2, 0.25) is 0 Å². The van der Waals surface area contributed by atoms with Crippen LogP contribution in [0.2, 0.25) is 0 Å². The Morgan fingerprint density at radius 3 is 0.943 bits per heavy atom. The summed E-state index contributed by atoms with van der Waals surface area (Å²) < 4.78 is 5.58. The predicted octanol–water partition coefficient (Wildman–Crippen LogP) is 33.9. The molecule has 0 atom stereocenters. The van der Waals surface area contributed by atoms with Crippen molar-refractivity contribution < 1.29 is 4.74 Å². The first kappa shape index (κ1) is 92.0. The smallest absolute Gasteiger partial charge is 0.148 e. The fourth-order valence-electron chi connectivity index (χ4n) is 13.8. The van der Waals surface area contributed by atoms with E-state index in [-0.39, 0.29) is 0 Å². The minimum atomic E-state index is 0.614. The van der Waals surface area contributed by atoms with Gasteiger partial charge in [-0.1, -0.05) is 359 Å². The Bertz CT molecular complexity index is 3010. The molecular weight excluding hydrogens is 1320 g/mol. The molecule has 6 aromatic rings. The quantitative estimate of drug-likeness (QED) is 0.0233. The molecule has 6 rings (SSSR count). The summed E-state index contributed by atoms with van der Waals surface area (Å²) in [6, 6.07) is 48.4. The second-order valence-corrected chi connectivity index (χ2v) is 30.3. The summed E-state index contributed by atoms with van der Waals surface area (Å²) in [7, 11) is 1.64. The van der Waals surface area contributed by atoms with Crippen LogP contribution in [-0.4, -0.2) is 33.3 Å². The Hall–Kier alpha value is -6.39. The number of rotatable bonds is 62. The van der Waals surface area contributed by atoms with Crippen molar-refractivity contribution in [2.45, 2.75) is 350 Å². The minimum absolute atomic E-state index is 0.614. The van der Waals surface area contributed by atoms with Crippen LogP contribution in [0.25, 0.3) is 0 Å². The fraction of sp³-hybridized carbons (Fsp3) is 0.621. The number of nitrogens with zero attached hydrogens (tertiary/aromatic N) is 8. The zero-order chi connectivity index (χ0) is 75.5. The van der Waals surface area contributed by atoms with Gasteiger partial charge in [-0.3, -0.25) is 4.84 Å². The van der Waals surface area contributed by atoms with Gasteiger partial charge in [0.1, 0.15) is 11.4 Å². The maximum Gasteiger partial charge on any atom is 0.148 e. The number of nitrogens with one attached hydrogen (secondary N) is 1. The van der Waals surface area contributed by atoms with Gasteiger partial charge in [-0.2, -0.15) is 25.6 Å². The zero-order valence-corrected chi connectivity index (χ0v) is 69.2. The number of ether oxygens (including phenoxy) is 1. The molecule has 0 amide bonds. The molecule has 0 saturated heterocycles. The Balaban J connectivity index is 0.000000382. The molecular formula is C95H150ClN9O. The monoisotopic (exact) mass is 1470 g/mol. The molecule has 1 N–H and O–H groups in total. The Labute approximate surface area is 654 Å². The van der Waals surface area contributed by atoms with E-state index in [2.05, 4.69) is 128 Å². The number of benzene rings is 6. The highest BCUT2D eigenvalue weighted by atomic mass is 35.5. The summed E-state index contributed by atoms with van der Waals surface area (Å²) >= 11 is 5.52. The van der Waals surface area contributed by atoms with Crippen molar-refractivity contribution in [3.8, 4) is 5.75 Å². The summed E-state index contributed by atoms with van der Waals surface area (Å²) in [4.78, 5) is 7.86. The number of hydrogen-bond donors (Lipinski definition) is 1. The number of anilines is 3. The first-order valence-electron chi connectivity index (χ1n) is 43.5. The molecule has 0 aliphatic heterocycles. The molecule has 0 heterocycles. The lowest BCUT2D eigenvalue weighted by atomic mass is 10.0. The van der Waals surface area contributed by atoms with Crippen LogP contribution in [0.1, 0.15) is 347 Å². The SMILES string of the molecule is CCCCCCCCCCCCCCN(CCCCCCCCCCCCCC)c1ccc(N=Nc2ccc(N=Nc3ccccc3)c(OC)c2)cc1.CCCCCCCCCCCCCCN(CCCCCCCCCCCCCC)c1cccc(C)c1.Cc1cc(NCl)ccc1N=Nc1ccccc1. The van der Waals surface area contributed by atoms with E-state index in [1.54, 1.807) is 7.11 Å². The molecule has 6 aromatic carbocycles. The topological polar surface area (TPSA) is 102 Å². The van der Waals surface area contributed by atoms with Gasteiger partial charge in [0, 0.05) is 61.1 Å². The molecule has 0 bridgehead atoms. The van der Waals surface area contributed by atoms with Crippen molar-refractivity contribution in [2.75, 3.05) is 47.9 Å². The molecule has 588 valence electrons. The minimum Gasteiger partial charge on any atom is -0.494 e. The second-order valence-electron chi connectivity index (χ2n) is 30.1. The number of hydrogen-bond acceptors (Lipinski definition) is 10. The molecule has 106 heavy (non-hydrogen) atoms. The Morgan fingerprint density at radius 2 is 0.594 bits per heavy atom. The summed E-state index contributed by atoms with van der Waals surface area (Å²) in [5.41, 5.74) is 10.7. The number of unbranched alkanes of at least 4 members (excludes halogenated alkanes) is 44. The van der Waals surface area contributed by atoms with Crippen LogP contribution in [-0.2, 0) is 0 Å². The lowest BCUT2D eigenvalue weighted by Crippen LogP contribution is -2.25. The molecule has 11 heteroatoms. The van der Waals surface area contributed by atoms with Crippen molar-refractivity contribution in [1.82, 2.24) is 0 Å². The van der Waals surface area contributed by atoms with Crippen molar-refractivity contribution in [3.63, 3.8) is 0 Å².